The van der Waals surface area contributed by atoms with E-state index in [0.29, 0.717) is 10.7 Å². The summed E-state index contributed by atoms with van der Waals surface area (Å²) in [6.07, 6.45) is 3.02. The molecule has 0 aromatic heterocycles. The highest BCUT2D eigenvalue weighted by Gasteiger charge is 2.34. The molecule has 1 aliphatic heterocycles. The quantitative estimate of drug-likeness (QED) is 0.491. The Labute approximate surface area is 184 Å². The second-order valence-electron chi connectivity index (χ2n) is 6.47. The van der Waals surface area contributed by atoms with Gasteiger partial charge in [0.05, 0.1) is 4.91 Å². The van der Waals surface area contributed by atoms with Gasteiger partial charge in [0.15, 0.2) is 6.10 Å². The van der Waals surface area contributed by atoms with Gasteiger partial charge in [0.1, 0.15) is 5.75 Å². The van der Waals surface area contributed by atoms with Crippen LogP contribution in [0.2, 0.25) is 0 Å². The summed E-state index contributed by atoms with van der Waals surface area (Å²) in [7, 11) is 0. The monoisotopic (exact) mass is 442 g/mol. The maximum absolute atomic E-state index is 12.6. The summed E-state index contributed by atoms with van der Waals surface area (Å²) < 4.78 is 5.57. The van der Waals surface area contributed by atoms with Gasteiger partial charge in [-0.3, -0.25) is 19.3 Å². The van der Waals surface area contributed by atoms with Crippen LogP contribution < -0.4 is 10.1 Å². The fourth-order valence-electron chi connectivity index (χ4n) is 2.74. The van der Waals surface area contributed by atoms with Gasteiger partial charge in [0.25, 0.3) is 17.1 Å². The van der Waals surface area contributed by atoms with E-state index in [1.807, 2.05) is 48.7 Å². The Kier molecular flexibility index (Phi) is 7.59. The summed E-state index contributed by atoms with van der Waals surface area (Å²) in [6, 6.07) is 16.8. The van der Waals surface area contributed by atoms with Crippen LogP contribution in [0.25, 0.3) is 6.08 Å². The Morgan fingerprint density at radius 1 is 1.17 bits per heavy atom. The molecule has 0 bridgehead atoms. The molecular weight excluding hydrogens is 420 g/mol. The smallest absolute Gasteiger partial charge is 0.293 e. The number of hydrogen-bond acceptors (Lipinski definition) is 6. The third-order valence-corrected chi connectivity index (χ3v) is 6.00. The molecule has 1 heterocycles. The Bertz CT molecular complexity index is 945. The van der Waals surface area contributed by atoms with Gasteiger partial charge >= 0.3 is 0 Å². The van der Waals surface area contributed by atoms with Crippen molar-refractivity contribution >= 4 is 46.7 Å². The molecule has 0 spiro atoms. The molecular formula is C22H22N2O4S2. The zero-order valence-corrected chi connectivity index (χ0v) is 18.3. The zero-order chi connectivity index (χ0) is 21.5. The minimum Gasteiger partial charge on any atom is -0.481 e. The summed E-state index contributed by atoms with van der Waals surface area (Å²) in [5.41, 5.74) is 0.860. The molecule has 1 atom stereocenters. The second-order valence-corrected chi connectivity index (χ2v) is 8.34. The number of carbonyl (C=O) groups excluding carboxylic acids is 3. The minimum absolute atomic E-state index is 0.108. The number of para-hydroxylation sites is 1. The van der Waals surface area contributed by atoms with Gasteiger partial charge < -0.3 is 10.1 Å². The predicted molar refractivity (Wildman–Crippen MR) is 120 cm³/mol. The van der Waals surface area contributed by atoms with Gasteiger partial charge in [0, 0.05) is 18.0 Å². The first-order valence-corrected chi connectivity index (χ1v) is 11.4. The number of nitrogens with zero attached hydrogens (tertiary/aromatic N) is 1. The lowest BCUT2D eigenvalue weighted by Gasteiger charge is -2.16. The van der Waals surface area contributed by atoms with Crippen LogP contribution in [0.4, 0.5) is 4.79 Å². The van der Waals surface area contributed by atoms with E-state index in [1.54, 1.807) is 36.9 Å². The van der Waals surface area contributed by atoms with Crippen molar-refractivity contribution in [2.24, 2.45) is 0 Å². The molecule has 1 saturated heterocycles. The predicted octanol–water partition coefficient (Wildman–Crippen LogP) is 4.03. The molecule has 2 aromatic carbocycles. The fourth-order valence-corrected chi connectivity index (χ4v) is 4.01. The van der Waals surface area contributed by atoms with E-state index in [1.165, 1.54) is 0 Å². The van der Waals surface area contributed by atoms with Crippen LogP contribution in [0.5, 0.6) is 5.75 Å². The molecule has 2 aromatic rings. The molecule has 0 saturated carbocycles. The van der Waals surface area contributed by atoms with Gasteiger partial charge in [-0.15, -0.1) is 11.8 Å². The number of carbonyl (C=O) groups is 3. The van der Waals surface area contributed by atoms with Crippen LogP contribution >= 0.6 is 23.5 Å². The van der Waals surface area contributed by atoms with Crippen molar-refractivity contribution in [3.63, 3.8) is 0 Å². The average molecular weight is 443 g/mol. The molecule has 6 nitrogen and oxygen atoms in total. The van der Waals surface area contributed by atoms with Gasteiger partial charge in [0.2, 0.25) is 0 Å². The lowest BCUT2D eigenvalue weighted by atomic mass is 10.2. The molecule has 8 heteroatoms. The number of rotatable bonds is 8. The van der Waals surface area contributed by atoms with E-state index in [0.717, 1.165) is 27.1 Å². The van der Waals surface area contributed by atoms with Crippen LogP contribution in [0.1, 0.15) is 12.5 Å². The van der Waals surface area contributed by atoms with Gasteiger partial charge in [-0.05, 0) is 60.8 Å². The lowest BCUT2D eigenvalue weighted by molar-refractivity contribution is -0.128. The Morgan fingerprint density at radius 3 is 2.53 bits per heavy atom. The maximum atomic E-state index is 12.6. The highest BCUT2D eigenvalue weighted by atomic mass is 32.2. The number of benzene rings is 2. The highest BCUT2D eigenvalue weighted by Crippen LogP contribution is 2.32. The average Bonchev–Trinajstić information content (AvgIpc) is 3.02. The van der Waals surface area contributed by atoms with Crippen molar-refractivity contribution in [3.8, 4) is 5.75 Å². The first-order valence-electron chi connectivity index (χ1n) is 9.37. The first kappa shape index (κ1) is 22.0. The van der Waals surface area contributed by atoms with Crippen LogP contribution in [-0.4, -0.2) is 47.4 Å². The molecule has 1 aliphatic rings. The molecule has 3 rings (SSSR count). The van der Waals surface area contributed by atoms with Gasteiger partial charge in [-0.25, -0.2) is 0 Å². The standard InChI is InChI=1S/C22H22N2O4S2/c1-15(28-17-6-4-3-5-7-17)20(25)23-12-13-24-21(26)19(30-22(24)27)14-16-8-10-18(29-2)11-9-16/h3-11,14-15H,12-13H2,1-2H3,(H,23,25). The molecule has 1 fully saturated rings. The van der Waals surface area contributed by atoms with Crippen LogP contribution in [0, 0.1) is 0 Å². The van der Waals surface area contributed by atoms with Crippen LogP contribution in [0.15, 0.2) is 64.4 Å². The molecule has 0 aliphatic carbocycles. The Morgan fingerprint density at radius 2 is 1.87 bits per heavy atom. The lowest BCUT2D eigenvalue weighted by Crippen LogP contribution is -2.41. The summed E-state index contributed by atoms with van der Waals surface area (Å²) in [4.78, 5) is 39.6. The van der Waals surface area contributed by atoms with Crippen molar-refractivity contribution in [2.45, 2.75) is 17.9 Å². The molecule has 3 amide bonds. The molecule has 156 valence electrons. The number of ether oxygens (including phenoxy) is 1. The van der Waals surface area contributed by atoms with Crippen molar-refractivity contribution < 1.29 is 19.1 Å². The van der Waals surface area contributed by atoms with E-state index in [-0.39, 0.29) is 30.1 Å². The summed E-state index contributed by atoms with van der Waals surface area (Å²) in [5, 5.41) is 2.37. The molecule has 30 heavy (non-hydrogen) atoms. The first-order chi connectivity index (χ1) is 14.5. The van der Waals surface area contributed by atoms with E-state index in [4.69, 9.17) is 4.74 Å². The minimum atomic E-state index is -0.688. The number of imide groups is 1. The van der Waals surface area contributed by atoms with Crippen molar-refractivity contribution in [2.75, 3.05) is 19.3 Å². The van der Waals surface area contributed by atoms with E-state index < -0.39 is 6.10 Å². The van der Waals surface area contributed by atoms with Gasteiger partial charge in [-0.2, -0.15) is 0 Å². The van der Waals surface area contributed by atoms with E-state index in [2.05, 4.69) is 5.32 Å². The van der Waals surface area contributed by atoms with E-state index in [9.17, 15) is 14.4 Å². The normalized spacial score (nSPS) is 16.1. The topological polar surface area (TPSA) is 75.7 Å². The third kappa shape index (κ3) is 5.67. The van der Waals surface area contributed by atoms with E-state index >= 15 is 0 Å². The largest absolute Gasteiger partial charge is 0.481 e. The van der Waals surface area contributed by atoms with Crippen molar-refractivity contribution in [1.82, 2.24) is 10.2 Å². The summed E-state index contributed by atoms with van der Waals surface area (Å²) in [5.74, 6) is -0.0567. The van der Waals surface area contributed by atoms with Crippen molar-refractivity contribution in [3.05, 3.63) is 65.1 Å². The van der Waals surface area contributed by atoms with Gasteiger partial charge in [-0.1, -0.05) is 30.3 Å². The Balaban J connectivity index is 1.51. The van der Waals surface area contributed by atoms with Crippen molar-refractivity contribution in [1.29, 1.82) is 0 Å². The number of hydrogen-bond donors (Lipinski definition) is 1. The number of amides is 3. The third-order valence-electron chi connectivity index (χ3n) is 4.35. The molecule has 1 unspecified atom stereocenters. The zero-order valence-electron chi connectivity index (χ0n) is 16.7. The number of thioether (sulfide) groups is 2. The summed E-state index contributed by atoms with van der Waals surface area (Å²) in [6.45, 7) is 1.92. The highest BCUT2D eigenvalue weighted by molar-refractivity contribution is 8.18. The molecule has 0 radical (unpaired) electrons. The number of nitrogens with one attached hydrogen (secondary N) is 1. The van der Waals surface area contributed by atoms with Crippen LogP contribution in [-0.2, 0) is 9.59 Å². The Hall–Kier alpha value is -2.71. The summed E-state index contributed by atoms with van der Waals surface area (Å²) >= 11 is 2.55. The molecule has 1 N–H and O–H groups in total. The maximum Gasteiger partial charge on any atom is 0.293 e. The van der Waals surface area contributed by atoms with Crippen LogP contribution in [0.3, 0.4) is 0 Å². The SMILES string of the molecule is CSc1ccc(C=C2SC(=O)N(CCNC(=O)C(C)Oc3ccccc3)C2=O)cc1. The fraction of sp³-hybridized carbons (Fsp3) is 0.227. The second kappa shape index (κ2) is 10.4.